The van der Waals surface area contributed by atoms with Crippen LogP contribution in [0.3, 0.4) is 0 Å². The Balaban J connectivity index is 2.34. The van der Waals surface area contributed by atoms with Crippen LogP contribution >= 0.6 is 11.6 Å². The molecule has 0 fully saturated rings. The van der Waals surface area contributed by atoms with Crippen molar-refractivity contribution in [3.05, 3.63) is 35.0 Å². The Bertz CT molecular complexity index is 609. The Morgan fingerprint density at radius 2 is 2.20 bits per heavy atom. The van der Waals surface area contributed by atoms with Crippen molar-refractivity contribution in [2.75, 3.05) is 12.5 Å². The van der Waals surface area contributed by atoms with Crippen molar-refractivity contribution >= 4 is 17.5 Å². The van der Waals surface area contributed by atoms with E-state index in [1.807, 2.05) is 0 Å². The van der Waals surface area contributed by atoms with Gasteiger partial charge in [-0.1, -0.05) is 17.7 Å². The number of hydrazine groups is 1. The molecular weight excluding hydrogens is 284 g/mol. The molecule has 1 heterocycles. The number of benzene rings is 1. The molecule has 0 unspecified atom stereocenters. The fraction of sp³-hybridized carbons (Fsp3) is 0.167. The Kier molecular flexibility index (Phi) is 4.57. The van der Waals surface area contributed by atoms with Gasteiger partial charge in [-0.25, -0.2) is 10.8 Å². The highest BCUT2D eigenvalue weighted by molar-refractivity contribution is 6.31. The standard InChI is InChI=1S/C12H13ClN4O3/c1-19-10-4-7(6-18)2-3-9(10)20-11-8(13)5-15-12(16-11)17-14/h2-5,18H,6,14H2,1H3,(H,15,16,17). The number of anilines is 1. The first kappa shape index (κ1) is 14.3. The molecule has 0 aliphatic carbocycles. The van der Waals surface area contributed by atoms with Crippen molar-refractivity contribution < 1.29 is 14.6 Å². The normalized spacial score (nSPS) is 10.2. The van der Waals surface area contributed by atoms with Crippen LogP contribution in [-0.2, 0) is 6.61 Å². The molecule has 4 N–H and O–H groups in total. The van der Waals surface area contributed by atoms with Gasteiger partial charge in [0.25, 0.3) is 0 Å². The van der Waals surface area contributed by atoms with Crippen LogP contribution in [0.25, 0.3) is 0 Å². The lowest BCUT2D eigenvalue weighted by Crippen LogP contribution is -2.10. The summed E-state index contributed by atoms with van der Waals surface area (Å²) >= 11 is 5.96. The number of nitrogens with two attached hydrogens (primary N) is 1. The lowest BCUT2D eigenvalue weighted by atomic mass is 10.2. The van der Waals surface area contributed by atoms with Crippen LogP contribution in [0.4, 0.5) is 5.95 Å². The summed E-state index contributed by atoms with van der Waals surface area (Å²) in [5, 5.41) is 9.32. The molecule has 0 bridgehead atoms. The zero-order valence-corrected chi connectivity index (χ0v) is 11.4. The Morgan fingerprint density at radius 3 is 2.85 bits per heavy atom. The summed E-state index contributed by atoms with van der Waals surface area (Å²) in [5.74, 6) is 6.41. The van der Waals surface area contributed by atoms with Crippen LogP contribution in [-0.4, -0.2) is 22.2 Å². The highest BCUT2D eigenvalue weighted by atomic mass is 35.5. The summed E-state index contributed by atoms with van der Waals surface area (Å²) in [6.07, 6.45) is 1.37. The number of halogens is 1. The van der Waals surface area contributed by atoms with Crippen LogP contribution in [0.1, 0.15) is 5.56 Å². The number of ether oxygens (including phenoxy) is 2. The molecule has 1 aromatic heterocycles. The van der Waals surface area contributed by atoms with E-state index < -0.39 is 0 Å². The molecule has 0 spiro atoms. The molecule has 0 saturated carbocycles. The van der Waals surface area contributed by atoms with Gasteiger partial charge >= 0.3 is 0 Å². The minimum Gasteiger partial charge on any atom is -0.493 e. The first-order valence-electron chi connectivity index (χ1n) is 5.62. The van der Waals surface area contributed by atoms with Gasteiger partial charge < -0.3 is 14.6 Å². The first-order chi connectivity index (χ1) is 9.67. The molecule has 1 aromatic carbocycles. The summed E-state index contributed by atoms with van der Waals surface area (Å²) in [6, 6.07) is 5.01. The number of nitrogens with one attached hydrogen (secondary N) is 1. The lowest BCUT2D eigenvalue weighted by molar-refractivity contribution is 0.280. The van der Waals surface area contributed by atoms with Gasteiger partial charge in [-0.15, -0.1) is 0 Å². The molecule has 7 nitrogen and oxygen atoms in total. The molecule has 2 rings (SSSR count). The number of aromatic nitrogens is 2. The smallest absolute Gasteiger partial charge is 0.243 e. The topological polar surface area (TPSA) is 103 Å². The largest absolute Gasteiger partial charge is 0.493 e. The molecule has 20 heavy (non-hydrogen) atoms. The zero-order chi connectivity index (χ0) is 14.5. The summed E-state index contributed by atoms with van der Waals surface area (Å²) in [5.41, 5.74) is 3.00. The summed E-state index contributed by atoms with van der Waals surface area (Å²) in [7, 11) is 1.50. The molecule has 106 valence electrons. The third-order valence-corrected chi connectivity index (χ3v) is 2.72. The molecule has 8 heteroatoms. The molecule has 0 aliphatic rings. The second kappa shape index (κ2) is 6.38. The number of aliphatic hydroxyl groups is 1. The fourth-order valence-electron chi connectivity index (χ4n) is 1.49. The molecule has 0 radical (unpaired) electrons. The Hall–Kier alpha value is -2.09. The van der Waals surface area contributed by atoms with Crippen molar-refractivity contribution in [3.8, 4) is 17.4 Å². The predicted octanol–water partition coefficient (Wildman–Crippen LogP) is 1.71. The van der Waals surface area contributed by atoms with Crippen LogP contribution < -0.4 is 20.7 Å². The van der Waals surface area contributed by atoms with Gasteiger partial charge in [0, 0.05) is 0 Å². The maximum absolute atomic E-state index is 9.09. The highest BCUT2D eigenvalue weighted by Gasteiger charge is 2.12. The molecule has 0 saturated heterocycles. The maximum Gasteiger partial charge on any atom is 0.243 e. The van der Waals surface area contributed by atoms with Crippen molar-refractivity contribution in [2.45, 2.75) is 6.61 Å². The molecule has 2 aromatic rings. The zero-order valence-electron chi connectivity index (χ0n) is 10.6. The average molecular weight is 297 g/mol. The van der Waals surface area contributed by atoms with E-state index in [4.69, 9.17) is 32.0 Å². The third kappa shape index (κ3) is 3.08. The Labute approximate surface area is 120 Å². The van der Waals surface area contributed by atoms with E-state index in [1.165, 1.54) is 13.3 Å². The summed E-state index contributed by atoms with van der Waals surface area (Å²) < 4.78 is 10.8. The van der Waals surface area contributed by atoms with Gasteiger partial charge in [0.05, 0.1) is 19.9 Å². The van der Waals surface area contributed by atoms with E-state index in [0.717, 1.165) is 0 Å². The number of hydrogen-bond acceptors (Lipinski definition) is 7. The molecule has 0 atom stereocenters. The van der Waals surface area contributed by atoms with E-state index in [9.17, 15) is 0 Å². The third-order valence-electron chi connectivity index (χ3n) is 2.46. The van der Waals surface area contributed by atoms with Crippen LogP contribution in [0, 0.1) is 0 Å². The van der Waals surface area contributed by atoms with Gasteiger partial charge in [0.2, 0.25) is 11.8 Å². The summed E-state index contributed by atoms with van der Waals surface area (Å²) in [4.78, 5) is 7.84. The first-order valence-corrected chi connectivity index (χ1v) is 6.00. The van der Waals surface area contributed by atoms with Gasteiger partial charge in [-0.05, 0) is 17.7 Å². The van der Waals surface area contributed by atoms with Crippen molar-refractivity contribution in [3.63, 3.8) is 0 Å². The van der Waals surface area contributed by atoms with Crippen LogP contribution in [0.15, 0.2) is 24.4 Å². The van der Waals surface area contributed by atoms with E-state index in [2.05, 4.69) is 15.4 Å². The van der Waals surface area contributed by atoms with Crippen molar-refractivity contribution in [1.82, 2.24) is 9.97 Å². The number of rotatable bonds is 5. The van der Waals surface area contributed by atoms with Crippen LogP contribution in [0.2, 0.25) is 5.02 Å². The van der Waals surface area contributed by atoms with Crippen LogP contribution in [0.5, 0.6) is 17.4 Å². The van der Waals surface area contributed by atoms with E-state index in [0.29, 0.717) is 17.1 Å². The Morgan fingerprint density at radius 1 is 1.40 bits per heavy atom. The van der Waals surface area contributed by atoms with Crippen molar-refractivity contribution in [2.24, 2.45) is 5.84 Å². The van der Waals surface area contributed by atoms with Gasteiger partial charge in [0.15, 0.2) is 11.5 Å². The minimum absolute atomic E-state index is 0.0911. The quantitative estimate of drug-likeness (QED) is 0.570. The van der Waals surface area contributed by atoms with Gasteiger partial charge in [-0.2, -0.15) is 4.98 Å². The predicted molar refractivity (Wildman–Crippen MR) is 73.8 cm³/mol. The molecule has 0 amide bonds. The average Bonchev–Trinajstić information content (AvgIpc) is 2.49. The molecular formula is C12H13ClN4O3. The van der Waals surface area contributed by atoms with E-state index in [-0.39, 0.29) is 23.5 Å². The van der Waals surface area contributed by atoms with E-state index >= 15 is 0 Å². The van der Waals surface area contributed by atoms with Crippen molar-refractivity contribution in [1.29, 1.82) is 0 Å². The summed E-state index contributed by atoms with van der Waals surface area (Å²) in [6.45, 7) is -0.0911. The number of aliphatic hydroxyl groups excluding tert-OH is 1. The second-order valence-corrected chi connectivity index (χ2v) is 4.14. The minimum atomic E-state index is -0.0911. The highest BCUT2D eigenvalue weighted by Crippen LogP contribution is 2.34. The monoisotopic (exact) mass is 296 g/mol. The lowest BCUT2D eigenvalue weighted by Gasteiger charge is -2.12. The maximum atomic E-state index is 9.09. The van der Waals surface area contributed by atoms with E-state index in [1.54, 1.807) is 18.2 Å². The second-order valence-electron chi connectivity index (χ2n) is 3.74. The van der Waals surface area contributed by atoms with Gasteiger partial charge in [0.1, 0.15) is 5.02 Å². The number of hydrogen-bond donors (Lipinski definition) is 3. The number of methoxy groups -OCH3 is 1. The SMILES string of the molecule is COc1cc(CO)ccc1Oc1nc(NN)ncc1Cl. The number of nitrogens with zero attached hydrogens (tertiary/aromatic N) is 2. The van der Waals surface area contributed by atoms with Gasteiger partial charge in [-0.3, -0.25) is 5.43 Å². The fourth-order valence-corrected chi connectivity index (χ4v) is 1.62. The molecule has 0 aliphatic heterocycles. The number of nitrogen functional groups attached to an aromatic ring is 1.